The SMILES string of the molecule is C#CCCCN1CCCC(CNCCC)C1. The van der Waals surface area contributed by atoms with Gasteiger partial charge in [0.25, 0.3) is 0 Å². The minimum Gasteiger partial charge on any atom is -0.316 e. The molecule has 1 fully saturated rings. The van der Waals surface area contributed by atoms with Gasteiger partial charge in [-0.2, -0.15) is 0 Å². The first-order valence-corrected chi connectivity index (χ1v) is 6.73. The Hall–Kier alpha value is -0.520. The van der Waals surface area contributed by atoms with Crippen molar-refractivity contribution in [1.82, 2.24) is 10.2 Å². The number of likely N-dealkylation sites (tertiary alicyclic amines) is 1. The van der Waals surface area contributed by atoms with E-state index in [1.54, 1.807) is 0 Å². The van der Waals surface area contributed by atoms with Crippen molar-refractivity contribution in [3.05, 3.63) is 0 Å². The molecule has 0 aromatic carbocycles. The second-order valence-corrected chi connectivity index (χ2v) is 4.82. The molecule has 0 amide bonds. The highest BCUT2D eigenvalue weighted by Crippen LogP contribution is 2.16. The first-order chi connectivity index (χ1) is 7.86. The van der Waals surface area contributed by atoms with Crippen molar-refractivity contribution in [2.75, 3.05) is 32.7 Å². The Kier molecular flexibility index (Phi) is 7.29. The van der Waals surface area contributed by atoms with Crippen molar-refractivity contribution in [1.29, 1.82) is 0 Å². The van der Waals surface area contributed by atoms with Gasteiger partial charge in [0, 0.05) is 13.0 Å². The average Bonchev–Trinajstić information content (AvgIpc) is 2.30. The van der Waals surface area contributed by atoms with Crippen LogP contribution in [0.4, 0.5) is 0 Å². The molecule has 0 aromatic rings. The highest BCUT2D eigenvalue weighted by Gasteiger charge is 2.18. The molecule has 1 unspecified atom stereocenters. The Bertz CT molecular complexity index is 207. The number of rotatable bonds is 7. The standard InChI is InChI=1S/C14H26N2/c1-3-5-6-10-16-11-7-8-14(13-16)12-15-9-4-2/h1,14-15H,4-13H2,2H3. The Balaban J connectivity index is 2.12. The van der Waals surface area contributed by atoms with Gasteiger partial charge < -0.3 is 10.2 Å². The minimum atomic E-state index is 0.853. The summed E-state index contributed by atoms with van der Waals surface area (Å²) in [6.07, 6.45) is 11.3. The third-order valence-electron chi connectivity index (χ3n) is 3.26. The summed E-state index contributed by atoms with van der Waals surface area (Å²) in [6.45, 7) is 8.30. The van der Waals surface area contributed by atoms with Gasteiger partial charge in [0.2, 0.25) is 0 Å². The lowest BCUT2D eigenvalue weighted by Gasteiger charge is -2.32. The molecule has 0 saturated carbocycles. The van der Waals surface area contributed by atoms with Crippen LogP contribution in [0.15, 0.2) is 0 Å². The largest absolute Gasteiger partial charge is 0.316 e. The van der Waals surface area contributed by atoms with E-state index in [2.05, 4.69) is 23.1 Å². The van der Waals surface area contributed by atoms with Crippen LogP contribution in [0.1, 0.15) is 39.0 Å². The zero-order valence-corrected chi connectivity index (χ0v) is 10.7. The Morgan fingerprint density at radius 1 is 1.50 bits per heavy atom. The number of unbranched alkanes of at least 4 members (excludes halogenated alkanes) is 1. The van der Waals surface area contributed by atoms with Gasteiger partial charge >= 0.3 is 0 Å². The summed E-state index contributed by atoms with van der Waals surface area (Å²) in [4.78, 5) is 2.58. The van der Waals surface area contributed by atoms with E-state index in [4.69, 9.17) is 6.42 Å². The molecule has 2 nitrogen and oxygen atoms in total. The molecule has 1 saturated heterocycles. The van der Waals surface area contributed by atoms with Gasteiger partial charge in [-0.3, -0.25) is 0 Å². The van der Waals surface area contributed by atoms with E-state index in [1.165, 1.54) is 45.4 Å². The molecule has 1 heterocycles. The van der Waals surface area contributed by atoms with Crippen molar-refractivity contribution in [3.8, 4) is 12.3 Å². The van der Waals surface area contributed by atoms with Crippen molar-refractivity contribution in [2.24, 2.45) is 5.92 Å². The van der Waals surface area contributed by atoms with Crippen molar-refractivity contribution in [2.45, 2.75) is 39.0 Å². The highest BCUT2D eigenvalue weighted by atomic mass is 15.1. The maximum atomic E-state index is 5.27. The first-order valence-electron chi connectivity index (χ1n) is 6.73. The normalized spacial score (nSPS) is 21.9. The third kappa shape index (κ3) is 5.53. The molecule has 92 valence electrons. The van der Waals surface area contributed by atoms with Crippen LogP contribution in [0.3, 0.4) is 0 Å². The van der Waals surface area contributed by atoms with E-state index in [-0.39, 0.29) is 0 Å². The predicted molar refractivity (Wildman–Crippen MR) is 70.4 cm³/mol. The average molecular weight is 222 g/mol. The summed E-state index contributed by atoms with van der Waals surface area (Å²) in [5.41, 5.74) is 0. The second-order valence-electron chi connectivity index (χ2n) is 4.82. The number of nitrogens with zero attached hydrogens (tertiary/aromatic N) is 1. The fraction of sp³-hybridized carbons (Fsp3) is 0.857. The van der Waals surface area contributed by atoms with Gasteiger partial charge in [-0.25, -0.2) is 0 Å². The molecular formula is C14H26N2. The summed E-state index contributed by atoms with van der Waals surface area (Å²) in [6, 6.07) is 0. The van der Waals surface area contributed by atoms with Crippen molar-refractivity contribution in [3.63, 3.8) is 0 Å². The number of nitrogens with one attached hydrogen (secondary N) is 1. The summed E-state index contributed by atoms with van der Waals surface area (Å²) >= 11 is 0. The van der Waals surface area contributed by atoms with Gasteiger partial charge in [-0.15, -0.1) is 12.3 Å². The van der Waals surface area contributed by atoms with Crippen LogP contribution in [0, 0.1) is 18.3 Å². The highest BCUT2D eigenvalue weighted by molar-refractivity contribution is 4.84. The molecule has 0 radical (unpaired) electrons. The summed E-state index contributed by atoms with van der Waals surface area (Å²) in [7, 11) is 0. The molecule has 2 heteroatoms. The topological polar surface area (TPSA) is 15.3 Å². The van der Waals surface area contributed by atoms with Crippen LogP contribution < -0.4 is 5.32 Å². The Labute approximate surface area is 101 Å². The van der Waals surface area contributed by atoms with E-state index in [1.807, 2.05) is 0 Å². The lowest BCUT2D eigenvalue weighted by Crippen LogP contribution is -2.40. The lowest BCUT2D eigenvalue weighted by molar-refractivity contribution is 0.171. The summed E-state index contributed by atoms with van der Waals surface area (Å²) in [5, 5.41) is 3.53. The Morgan fingerprint density at radius 2 is 2.38 bits per heavy atom. The van der Waals surface area contributed by atoms with E-state index in [0.29, 0.717) is 0 Å². The molecule has 0 aliphatic carbocycles. The summed E-state index contributed by atoms with van der Waals surface area (Å²) < 4.78 is 0. The molecule has 1 rings (SSSR count). The van der Waals surface area contributed by atoms with Crippen LogP contribution in [0.5, 0.6) is 0 Å². The monoisotopic (exact) mass is 222 g/mol. The fourth-order valence-corrected chi connectivity index (χ4v) is 2.41. The maximum Gasteiger partial charge on any atom is 0.00982 e. The van der Waals surface area contributed by atoms with Crippen LogP contribution in [-0.4, -0.2) is 37.6 Å². The minimum absolute atomic E-state index is 0.853. The lowest BCUT2D eigenvalue weighted by atomic mass is 9.97. The molecule has 0 bridgehead atoms. The zero-order chi connectivity index (χ0) is 11.6. The third-order valence-corrected chi connectivity index (χ3v) is 3.26. The molecule has 1 atom stereocenters. The number of hydrogen-bond acceptors (Lipinski definition) is 2. The molecule has 1 aliphatic heterocycles. The maximum absolute atomic E-state index is 5.27. The molecular weight excluding hydrogens is 196 g/mol. The molecule has 16 heavy (non-hydrogen) atoms. The van der Waals surface area contributed by atoms with Gasteiger partial charge in [0.05, 0.1) is 0 Å². The van der Waals surface area contributed by atoms with Gasteiger partial charge in [0.15, 0.2) is 0 Å². The zero-order valence-electron chi connectivity index (χ0n) is 10.7. The van der Waals surface area contributed by atoms with Gasteiger partial charge in [-0.05, 0) is 57.8 Å². The summed E-state index contributed by atoms with van der Waals surface area (Å²) in [5.74, 6) is 3.57. The van der Waals surface area contributed by atoms with Crippen molar-refractivity contribution >= 4 is 0 Å². The fourth-order valence-electron chi connectivity index (χ4n) is 2.41. The number of terminal acetylenes is 1. The van der Waals surface area contributed by atoms with E-state index < -0.39 is 0 Å². The number of piperidine rings is 1. The van der Waals surface area contributed by atoms with Crippen molar-refractivity contribution < 1.29 is 0 Å². The van der Waals surface area contributed by atoms with Crippen LogP contribution in [0.2, 0.25) is 0 Å². The molecule has 0 spiro atoms. The van der Waals surface area contributed by atoms with Gasteiger partial charge in [0.1, 0.15) is 0 Å². The smallest absolute Gasteiger partial charge is 0.00982 e. The molecule has 0 aromatic heterocycles. The van der Waals surface area contributed by atoms with E-state index in [9.17, 15) is 0 Å². The predicted octanol–water partition coefficient (Wildman–Crippen LogP) is 2.11. The van der Waals surface area contributed by atoms with E-state index in [0.717, 1.165) is 25.3 Å². The van der Waals surface area contributed by atoms with Crippen LogP contribution in [0.25, 0.3) is 0 Å². The molecule has 1 N–H and O–H groups in total. The van der Waals surface area contributed by atoms with Crippen LogP contribution in [-0.2, 0) is 0 Å². The quantitative estimate of drug-likeness (QED) is 0.524. The Morgan fingerprint density at radius 3 is 3.12 bits per heavy atom. The second kappa shape index (κ2) is 8.61. The van der Waals surface area contributed by atoms with Gasteiger partial charge in [-0.1, -0.05) is 6.92 Å². The van der Waals surface area contributed by atoms with E-state index >= 15 is 0 Å². The first kappa shape index (κ1) is 13.5. The molecule has 1 aliphatic rings. The van der Waals surface area contributed by atoms with Crippen LogP contribution >= 0.6 is 0 Å². The number of hydrogen-bond donors (Lipinski definition) is 1.